The fraction of sp³-hybridized carbons (Fsp3) is 0.172. The largest absolute Gasteiger partial charge is 0.497 e. The van der Waals surface area contributed by atoms with E-state index in [1.165, 1.54) is 18.4 Å². The SMILES string of the molecule is C=CCn1c(-c2ccc(C)cc2)cs/c1=N\n1c(-c2ccc(OC)cc2)c(C(=O)OCC)c(N)c(C#N)c1=O. The third-order valence-corrected chi connectivity index (χ3v) is 6.84. The van der Waals surface area contributed by atoms with Gasteiger partial charge >= 0.3 is 5.97 Å². The van der Waals surface area contributed by atoms with E-state index in [0.717, 1.165) is 21.5 Å². The second-order valence-corrected chi connectivity index (χ2v) is 9.30. The summed E-state index contributed by atoms with van der Waals surface area (Å²) >= 11 is 1.31. The van der Waals surface area contributed by atoms with Gasteiger partial charge < -0.3 is 19.8 Å². The smallest absolute Gasteiger partial charge is 0.342 e. The topological polar surface area (TPSA) is 125 Å². The number of ether oxygens (including phenoxy) is 2. The summed E-state index contributed by atoms with van der Waals surface area (Å²) in [6, 6.07) is 16.6. The molecule has 0 unspecified atom stereocenters. The van der Waals surface area contributed by atoms with Crippen molar-refractivity contribution in [1.29, 1.82) is 5.26 Å². The number of carbonyl (C=O) groups excluding carboxylic acids is 1. The maximum atomic E-state index is 13.6. The molecule has 0 atom stereocenters. The number of rotatable bonds is 8. The highest BCUT2D eigenvalue weighted by Gasteiger charge is 2.27. The maximum Gasteiger partial charge on any atom is 0.342 e. The Hall–Kier alpha value is -4.88. The molecule has 0 radical (unpaired) electrons. The summed E-state index contributed by atoms with van der Waals surface area (Å²) in [6.45, 7) is 8.02. The third kappa shape index (κ3) is 5.26. The number of thiazole rings is 1. The van der Waals surface area contributed by atoms with E-state index in [9.17, 15) is 14.9 Å². The number of nitriles is 1. The third-order valence-electron chi connectivity index (χ3n) is 5.99. The van der Waals surface area contributed by atoms with Crippen LogP contribution in [0.4, 0.5) is 5.69 Å². The molecule has 0 fully saturated rings. The summed E-state index contributed by atoms with van der Waals surface area (Å²) in [7, 11) is 1.53. The molecule has 2 heterocycles. The molecule has 198 valence electrons. The molecule has 0 aliphatic rings. The van der Waals surface area contributed by atoms with Crippen LogP contribution < -0.4 is 20.8 Å². The van der Waals surface area contributed by atoms with Crippen molar-refractivity contribution in [2.75, 3.05) is 19.5 Å². The first-order valence-corrected chi connectivity index (χ1v) is 12.9. The van der Waals surface area contributed by atoms with Gasteiger partial charge in [-0.3, -0.25) is 4.79 Å². The van der Waals surface area contributed by atoms with Crippen LogP contribution >= 0.6 is 11.3 Å². The number of nitrogens with zero attached hydrogens (tertiary/aromatic N) is 4. The molecule has 0 amide bonds. The van der Waals surface area contributed by atoms with Crippen LogP contribution in [0.25, 0.3) is 22.5 Å². The standard InChI is InChI=1S/C29H27N5O4S/c1-5-15-33-23(19-9-7-18(3)8-10-19)17-39-29(33)32-34-26(20-11-13-21(37-4)14-12-20)24(28(36)38-6-2)25(31)22(16-30)27(34)35/h5,7-14,17H,1,6,15,31H2,2-4H3/b32-29-. The van der Waals surface area contributed by atoms with Crippen LogP contribution in [0.5, 0.6) is 5.75 Å². The van der Waals surface area contributed by atoms with Gasteiger partial charge in [-0.1, -0.05) is 35.9 Å². The molecule has 2 aromatic carbocycles. The predicted molar refractivity (Wildman–Crippen MR) is 151 cm³/mol. The van der Waals surface area contributed by atoms with Gasteiger partial charge in [-0.05, 0) is 43.7 Å². The highest BCUT2D eigenvalue weighted by Crippen LogP contribution is 2.31. The Morgan fingerprint density at radius 2 is 1.85 bits per heavy atom. The minimum absolute atomic E-state index is 0.0721. The number of pyridine rings is 1. The fourth-order valence-electron chi connectivity index (χ4n) is 4.07. The van der Waals surface area contributed by atoms with E-state index in [-0.39, 0.29) is 23.6 Å². The average Bonchev–Trinajstić information content (AvgIpc) is 3.33. The van der Waals surface area contributed by atoms with Gasteiger partial charge in [-0.15, -0.1) is 23.0 Å². The molecule has 4 aromatic rings. The number of aromatic nitrogens is 2. The number of nitrogen functional groups attached to an aromatic ring is 1. The minimum Gasteiger partial charge on any atom is -0.497 e. The number of esters is 1. The van der Waals surface area contributed by atoms with Gasteiger partial charge in [-0.25, -0.2) is 4.79 Å². The van der Waals surface area contributed by atoms with E-state index in [2.05, 4.69) is 11.7 Å². The predicted octanol–water partition coefficient (Wildman–Crippen LogP) is 4.54. The number of methoxy groups -OCH3 is 1. The molecule has 2 N–H and O–H groups in total. The van der Waals surface area contributed by atoms with Crippen LogP contribution in [0.15, 0.2) is 76.5 Å². The van der Waals surface area contributed by atoms with Crippen molar-refractivity contribution in [3.8, 4) is 34.3 Å². The zero-order chi connectivity index (χ0) is 28.1. The van der Waals surface area contributed by atoms with Crippen LogP contribution in [0.3, 0.4) is 0 Å². The molecule has 0 aliphatic carbocycles. The number of benzene rings is 2. The Labute approximate surface area is 229 Å². The second-order valence-electron chi connectivity index (χ2n) is 8.46. The van der Waals surface area contributed by atoms with E-state index < -0.39 is 17.1 Å². The quantitative estimate of drug-likeness (QED) is 0.258. The van der Waals surface area contributed by atoms with E-state index in [4.69, 9.17) is 15.2 Å². The Bertz CT molecular complexity index is 1710. The van der Waals surface area contributed by atoms with Crippen LogP contribution in [-0.2, 0) is 11.3 Å². The van der Waals surface area contributed by atoms with Crippen molar-refractivity contribution in [3.05, 3.63) is 98.4 Å². The van der Waals surface area contributed by atoms with Crippen molar-refractivity contribution < 1.29 is 14.3 Å². The number of aryl methyl sites for hydroxylation is 1. The number of allylic oxidation sites excluding steroid dienone is 1. The molecule has 0 saturated carbocycles. The van der Waals surface area contributed by atoms with Gasteiger partial charge in [0.05, 0.1) is 30.8 Å². The first-order valence-electron chi connectivity index (χ1n) is 12.1. The number of carbonyl (C=O) groups is 1. The molecule has 2 aromatic heterocycles. The number of anilines is 1. The zero-order valence-corrected chi connectivity index (χ0v) is 22.6. The summed E-state index contributed by atoms with van der Waals surface area (Å²) in [5.74, 6) is -0.194. The first-order chi connectivity index (χ1) is 18.8. The molecule has 0 spiro atoms. The van der Waals surface area contributed by atoms with Gasteiger partial charge in [0.2, 0.25) is 4.80 Å². The first kappa shape index (κ1) is 27.2. The van der Waals surface area contributed by atoms with Gasteiger partial charge in [0.25, 0.3) is 5.56 Å². The van der Waals surface area contributed by atoms with Crippen LogP contribution in [0.1, 0.15) is 28.4 Å². The van der Waals surface area contributed by atoms with Gasteiger partial charge in [0.1, 0.15) is 22.9 Å². The molecule has 10 heteroatoms. The number of nitrogens with two attached hydrogens (primary N) is 1. The minimum atomic E-state index is -0.772. The molecule has 0 saturated heterocycles. The monoisotopic (exact) mass is 541 g/mol. The summed E-state index contributed by atoms with van der Waals surface area (Å²) in [5, 5.41) is 16.4. The van der Waals surface area contributed by atoms with Crippen LogP contribution in [0.2, 0.25) is 0 Å². The Morgan fingerprint density at radius 3 is 2.44 bits per heavy atom. The van der Waals surface area contributed by atoms with Crippen LogP contribution in [0, 0.1) is 18.3 Å². The summed E-state index contributed by atoms with van der Waals surface area (Å²) in [6.07, 6.45) is 1.73. The lowest BCUT2D eigenvalue weighted by molar-refractivity contribution is 0.0527. The highest BCUT2D eigenvalue weighted by atomic mass is 32.1. The molecular formula is C29H27N5O4S. The van der Waals surface area contributed by atoms with Gasteiger partial charge in [0, 0.05) is 17.5 Å². The van der Waals surface area contributed by atoms with Gasteiger partial charge in [-0.2, -0.15) is 9.94 Å². The fourth-order valence-corrected chi connectivity index (χ4v) is 4.97. The van der Waals surface area contributed by atoms with E-state index >= 15 is 0 Å². The van der Waals surface area contributed by atoms with Crippen LogP contribution in [-0.4, -0.2) is 28.9 Å². The van der Waals surface area contributed by atoms with Crippen molar-refractivity contribution in [1.82, 2.24) is 9.24 Å². The Kier molecular flexibility index (Phi) is 8.13. The molecule has 9 nitrogen and oxygen atoms in total. The van der Waals surface area contributed by atoms with E-state index in [1.54, 1.807) is 37.3 Å². The Morgan fingerprint density at radius 1 is 1.18 bits per heavy atom. The van der Waals surface area contributed by atoms with E-state index in [1.807, 2.05) is 47.2 Å². The lowest BCUT2D eigenvalue weighted by Gasteiger charge is -2.17. The molecule has 0 aliphatic heterocycles. The molecular weight excluding hydrogens is 514 g/mol. The lowest BCUT2D eigenvalue weighted by atomic mass is 10.0. The Balaban J connectivity index is 2.11. The number of hydrogen-bond acceptors (Lipinski definition) is 8. The summed E-state index contributed by atoms with van der Waals surface area (Å²) in [5.41, 5.74) is 8.23. The molecule has 0 bridgehead atoms. The zero-order valence-electron chi connectivity index (χ0n) is 21.8. The number of hydrogen-bond donors (Lipinski definition) is 1. The summed E-state index contributed by atoms with van der Waals surface area (Å²) in [4.78, 5) is 27.2. The average molecular weight is 542 g/mol. The maximum absolute atomic E-state index is 13.6. The second kappa shape index (κ2) is 11.7. The lowest BCUT2D eigenvalue weighted by Crippen LogP contribution is -2.29. The van der Waals surface area contributed by atoms with Crippen molar-refractivity contribution >= 4 is 23.0 Å². The van der Waals surface area contributed by atoms with Gasteiger partial charge in [0.15, 0.2) is 0 Å². The normalized spacial score (nSPS) is 11.2. The summed E-state index contributed by atoms with van der Waals surface area (Å²) < 4.78 is 13.5. The van der Waals surface area contributed by atoms with E-state index in [0.29, 0.717) is 22.7 Å². The van der Waals surface area contributed by atoms with Crippen molar-refractivity contribution in [2.24, 2.45) is 5.10 Å². The highest BCUT2D eigenvalue weighted by molar-refractivity contribution is 7.07. The van der Waals surface area contributed by atoms with Crippen molar-refractivity contribution in [2.45, 2.75) is 20.4 Å². The molecule has 4 rings (SSSR count). The molecule has 39 heavy (non-hydrogen) atoms. The van der Waals surface area contributed by atoms with Crippen molar-refractivity contribution in [3.63, 3.8) is 0 Å².